The maximum Gasteiger partial charge on any atom is 0.376 e. The van der Waals surface area contributed by atoms with Crippen molar-refractivity contribution in [2.75, 3.05) is 6.61 Å². The molecule has 0 saturated heterocycles. The lowest BCUT2D eigenvalue weighted by atomic mass is 9.91. The number of carbonyl (C=O) groups is 1. The van der Waals surface area contributed by atoms with Gasteiger partial charge in [0, 0.05) is 11.1 Å². The third-order valence-electron chi connectivity index (χ3n) is 7.28. The molecule has 0 aromatic heterocycles. The van der Waals surface area contributed by atoms with Gasteiger partial charge < -0.3 is 0 Å². The smallest absolute Gasteiger partial charge is 0.293 e. The fourth-order valence-electron chi connectivity index (χ4n) is 4.96. The highest BCUT2D eigenvalue weighted by atomic mass is 19.1. The summed E-state index contributed by atoms with van der Waals surface area (Å²) < 4.78 is 31.5. The molecule has 0 aliphatic carbocycles. The Morgan fingerprint density at radius 3 is 2.00 bits per heavy atom. The molecule has 216 valence electrons. The van der Waals surface area contributed by atoms with Gasteiger partial charge in [-0.25, -0.2) is 13.6 Å². The Kier molecular flexibility index (Phi) is 13.9. The SMILES string of the molecule is CCCCCCCCCOOC(=O)c1ccc(-c2ccccc2)c(-c2ccc(CCCCCCC)cc2F)c1F. The van der Waals surface area contributed by atoms with Crippen LogP contribution < -0.4 is 0 Å². The Bertz CT molecular complexity index is 1180. The number of benzene rings is 3. The summed E-state index contributed by atoms with van der Waals surface area (Å²) in [5, 5.41) is 0. The maximum absolute atomic E-state index is 16.0. The van der Waals surface area contributed by atoms with Crippen LogP contribution in [0.2, 0.25) is 0 Å². The van der Waals surface area contributed by atoms with Crippen LogP contribution in [0.15, 0.2) is 60.7 Å². The Balaban J connectivity index is 1.75. The second-order valence-corrected chi connectivity index (χ2v) is 10.5. The van der Waals surface area contributed by atoms with Gasteiger partial charge in [-0.2, -0.15) is 4.89 Å². The van der Waals surface area contributed by atoms with Crippen LogP contribution in [-0.4, -0.2) is 12.6 Å². The highest BCUT2D eigenvalue weighted by Crippen LogP contribution is 2.37. The summed E-state index contributed by atoms with van der Waals surface area (Å²) in [5.74, 6) is -2.26. The predicted octanol–water partition coefficient (Wildman–Crippen LogP) is 10.7. The first kappa shape index (κ1) is 31.5. The van der Waals surface area contributed by atoms with Crippen LogP contribution >= 0.6 is 0 Å². The first-order chi connectivity index (χ1) is 19.6. The zero-order valence-corrected chi connectivity index (χ0v) is 24.2. The van der Waals surface area contributed by atoms with Crippen LogP contribution in [-0.2, 0) is 16.2 Å². The molecule has 0 aliphatic rings. The summed E-state index contributed by atoms with van der Waals surface area (Å²) in [6.45, 7) is 4.62. The van der Waals surface area contributed by atoms with Gasteiger partial charge >= 0.3 is 5.97 Å². The minimum Gasteiger partial charge on any atom is -0.293 e. The van der Waals surface area contributed by atoms with E-state index in [0.29, 0.717) is 5.56 Å². The summed E-state index contributed by atoms with van der Waals surface area (Å²) in [6, 6.07) is 17.2. The van der Waals surface area contributed by atoms with Crippen molar-refractivity contribution in [1.82, 2.24) is 0 Å². The number of rotatable bonds is 18. The number of halogens is 2. The molecule has 0 spiro atoms. The van der Waals surface area contributed by atoms with Gasteiger partial charge in [0.05, 0.1) is 12.2 Å². The molecule has 0 heterocycles. The van der Waals surface area contributed by atoms with E-state index in [1.165, 1.54) is 57.1 Å². The Labute approximate surface area is 238 Å². The molecule has 0 fully saturated rings. The molecule has 0 aliphatic heterocycles. The van der Waals surface area contributed by atoms with E-state index in [4.69, 9.17) is 9.78 Å². The van der Waals surface area contributed by atoms with E-state index in [-0.39, 0.29) is 23.3 Å². The van der Waals surface area contributed by atoms with Gasteiger partial charge in [-0.15, -0.1) is 0 Å². The topological polar surface area (TPSA) is 35.5 Å². The van der Waals surface area contributed by atoms with Crippen LogP contribution in [0.1, 0.15) is 107 Å². The van der Waals surface area contributed by atoms with Crippen LogP contribution in [0.5, 0.6) is 0 Å². The highest BCUT2D eigenvalue weighted by molar-refractivity contribution is 5.95. The van der Waals surface area contributed by atoms with E-state index >= 15 is 8.78 Å². The standard InChI is InChI=1S/C35H44F2O3/c1-3-5-7-9-10-12-17-25-39-40-35(38)31-24-23-29(28-19-15-13-16-20-28)33(34(31)37)30-22-21-27(26-32(30)36)18-14-11-8-6-4-2/h13,15-16,19-24,26H,3-12,14,17-18,25H2,1-2H3. The van der Waals surface area contributed by atoms with E-state index in [9.17, 15) is 4.79 Å². The third-order valence-corrected chi connectivity index (χ3v) is 7.28. The van der Waals surface area contributed by atoms with Gasteiger partial charge in [0.15, 0.2) is 0 Å². The van der Waals surface area contributed by atoms with Crippen molar-refractivity contribution < 1.29 is 23.4 Å². The van der Waals surface area contributed by atoms with Gasteiger partial charge in [-0.1, -0.05) is 127 Å². The molecule has 3 nitrogen and oxygen atoms in total. The molecule has 0 atom stereocenters. The van der Waals surface area contributed by atoms with Crippen LogP contribution in [0.3, 0.4) is 0 Å². The van der Waals surface area contributed by atoms with Crippen LogP contribution in [0.25, 0.3) is 22.3 Å². The van der Waals surface area contributed by atoms with Crippen LogP contribution in [0, 0.1) is 11.6 Å². The number of carbonyl (C=O) groups excluding carboxylic acids is 1. The third kappa shape index (κ3) is 9.55. The minimum atomic E-state index is -0.926. The Morgan fingerprint density at radius 2 is 1.32 bits per heavy atom. The Hall–Kier alpha value is -3.05. The second-order valence-electron chi connectivity index (χ2n) is 10.5. The van der Waals surface area contributed by atoms with Crippen molar-refractivity contribution in [3.05, 3.63) is 83.4 Å². The van der Waals surface area contributed by atoms with E-state index < -0.39 is 17.6 Å². The molecule has 0 amide bonds. The zero-order chi connectivity index (χ0) is 28.6. The maximum atomic E-state index is 16.0. The van der Waals surface area contributed by atoms with Crippen molar-refractivity contribution in [2.45, 2.75) is 97.3 Å². The normalized spacial score (nSPS) is 11.1. The molecule has 0 radical (unpaired) electrons. The van der Waals surface area contributed by atoms with Crippen LogP contribution in [0.4, 0.5) is 8.78 Å². The molecule has 0 N–H and O–H groups in total. The molecule has 5 heteroatoms. The number of aryl methyl sites for hydroxylation is 1. The summed E-state index contributed by atoms with van der Waals surface area (Å²) >= 11 is 0. The van der Waals surface area contributed by atoms with Gasteiger partial charge in [0.1, 0.15) is 11.6 Å². The average Bonchev–Trinajstić information content (AvgIpc) is 2.97. The lowest BCUT2D eigenvalue weighted by molar-refractivity contribution is -0.241. The fraction of sp³-hybridized carbons (Fsp3) is 0.457. The lowest BCUT2D eigenvalue weighted by Crippen LogP contribution is -2.10. The number of hydrogen-bond donors (Lipinski definition) is 0. The highest BCUT2D eigenvalue weighted by Gasteiger charge is 2.24. The van der Waals surface area contributed by atoms with Crippen molar-refractivity contribution in [2.24, 2.45) is 0 Å². The largest absolute Gasteiger partial charge is 0.376 e. The summed E-state index contributed by atoms with van der Waals surface area (Å²) in [7, 11) is 0. The number of unbranched alkanes of at least 4 members (excludes halogenated alkanes) is 10. The molecule has 40 heavy (non-hydrogen) atoms. The van der Waals surface area contributed by atoms with Crippen molar-refractivity contribution >= 4 is 5.97 Å². The van der Waals surface area contributed by atoms with Gasteiger partial charge in [0.25, 0.3) is 0 Å². The molecule has 3 rings (SSSR count). The molecular weight excluding hydrogens is 506 g/mol. The fourth-order valence-corrected chi connectivity index (χ4v) is 4.96. The quantitative estimate of drug-likeness (QED) is 0.0898. The molecule has 3 aromatic rings. The summed E-state index contributed by atoms with van der Waals surface area (Å²) in [5.41, 5.74) is 1.99. The van der Waals surface area contributed by atoms with Gasteiger partial charge in [-0.3, -0.25) is 4.89 Å². The lowest BCUT2D eigenvalue weighted by Gasteiger charge is -2.15. The van der Waals surface area contributed by atoms with Gasteiger partial charge in [0.2, 0.25) is 0 Å². The average molecular weight is 551 g/mol. The second kappa shape index (κ2) is 17.6. The Morgan fingerprint density at radius 1 is 0.700 bits per heavy atom. The summed E-state index contributed by atoms with van der Waals surface area (Å²) in [6.07, 6.45) is 14.2. The van der Waals surface area contributed by atoms with E-state index in [1.54, 1.807) is 12.1 Å². The molecular formula is C35H44F2O3. The molecule has 0 bridgehead atoms. The van der Waals surface area contributed by atoms with Crippen molar-refractivity contribution in [1.29, 1.82) is 0 Å². The van der Waals surface area contributed by atoms with Gasteiger partial charge in [-0.05, 0) is 48.1 Å². The van der Waals surface area contributed by atoms with Crippen molar-refractivity contribution in [3.63, 3.8) is 0 Å². The number of hydrogen-bond acceptors (Lipinski definition) is 3. The van der Waals surface area contributed by atoms with E-state index in [1.807, 2.05) is 36.4 Å². The molecule has 3 aromatic carbocycles. The molecule has 0 unspecified atom stereocenters. The predicted molar refractivity (Wildman–Crippen MR) is 159 cm³/mol. The van der Waals surface area contributed by atoms with Crippen molar-refractivity contribution in [3.8, 4) is 22.3 Å². The monoisotopic (exact) mass is 550 g/mol. The first-order valence-corrected chi connectivity index (χ1v) is 15.1. The van der Waals surface area contributed by atoms with E-state index in [2.05, 4.69) is 13.8 Å². The van der Waals surface area contributed by atoms with E-state index in [0.717, 1.165) is 49.7 Å². The minimum absolute atomic E-state index is 0.0414. The molecule has 0 saturated carbocycles. The zero-order valence-electron chi connectivity index (χ0n) is 24.2. The summed E-state index contributed by atoms with van der Waals surface area (Å²) in [4.78, 5) is 22.8. The first-order valence-electron chi connectivity index (χ1n) is 15.1.